The fourth-order valence-electron chi connectivity index (χ4n) is 5.67. The van der Waals surface area contributed by atoms with Gasteiger partial charge in [-0.15, -0.1) is 0 Å². The SMILES string of the molecule is COc1cccc(-c2c3c(c(OC)c4c2OCO4)C(C2OC(=O)c4c2ccc(OC)c4OC)=[N+](C)CC3)c1. The van der Waals surface area contributed by atoms with Crippen molar-refractivity contribution in [3.05, 3.63) is 58.7 Å². The molecule has 0 amide bonds. The molecule has 3 aliphatic heterocycles. The van der Waals surface area contributed by atoms with Crippen LogP contribution in [0, 0.1) is 0 Å². The van der Waals surface area contributed by atoms with Gasteiger partial charge in [-0.2, -0.15) is 0 Å². The highest BCUT2D eigenvalue weighted by Crippen LogP contribution is 2.55. The number of ether oxygens (including phenoxy) is 7. The highest BCUT2D eigenvalue weighted by molar-refractivity contribution is 6.12. The predicted octanol–water partition coefficient (Wildman–Crippen LogP) is 4.02. The summed E-state index contributed by atoms with van der Waals surface area (Å²) in [5, 5.41) is 0. The second-order valence-electron chi connectivity index (χ2n) is 9.17. The molecule has 0 N–H and O–H groups in total. The van der Waals surface area contributed by atoms with Crippen LogP contribution in [0.5, 0.6) is 34.5 Å². The van der Waals surface area contributed by atoms with E-state index < -0.39 is 12.1 Å². The lowest BCUT2D eigenvalue weighted by Crippen LogP contribution is -2.33. The topological polar surface area (TPSA) is 84.7 Å². The van der Waals surface area contributed by atoms with Gasteiger partial charge in [-0.25, -0.2) is 9.37 Å². The summed E-state index contributed by atoms with van der Waals surface area (Å²) in [6, 6.07) is 11.5. The number of likely N-dealkylation sites (N-methyl/N-ethyl adjacent to an activating group) is 1. The van der Waals surface area contributed by atoms with Crippen LogP contribution in [0.15, 0.2) is 36.4 Å². The van der Waals surface area contributed by atoms with Crippen LogP contribution in [0.2, 0.25) is 0 Å². The van der Waals surface area contributed by atoms with E-state index in [1.54, 1.807) is 20.3 Å². The number of benzene rings is 3. The maximum absolute atomic E-state index is 13.2. The van der Waals surface area contributed by atoms with Crippen LogP contribution in [-0.2, 0) is 11.2 Å². The van der Waals surface area contributed by atoms with E-state index in [1.165, 1.54) is 14.2 Å². The summed E-state index contributed by atoms with van der Waals surface area (Å²) in [4.78, 5) is 13.2. The molecule has 1 atom stereocenters. The summed E-state index contributed by atoms with van der Waals surface area (Å²) in [5.41, 5.74) is 5.55. The number of rotatable bonds is 6. The zero-order chi connectivity index (χ0) is 26.6. The molecule has 0 saturated heterocycles. The van der Waals surface area contributed by atoms with E-state index in [2.05, 4.69) is 4.58 Å². The van der Waals surface area contributed by atoms with Crippen molar-refractivity contribution in [2.75, 3.05) is 48.8 Å². The number of hydrogen-bond donors (Lipinski definition) is 0. The third-order valence-electron chi connectivity index (χ3n) is 7.34. The Morgan fingerprint density at radius 3 is 2.39 bits per heavy atom. The predicted molar refractivity (Wildman–Crippen MR) is 138 cm³/mol. The van der Waals surface area contributed by atoms with Gasteiger partial charge in [0.1, 0.15) is 24.9 Å². The molecule has 9 heteroatoms. The smallest absolute Gasteiger partial charge is 0.343 e. The fraction of sp³-hybridized carbons (Fsp3) is 0.310. The summed E-state index contributed by atoms with van der Waals surface area (Å²) in [6.07, 6.45) is 0.0303. The van der Waals surface area contributed by atoms with Crippen LogP contribution in [0.1, 0.15) is 33.2 Å². The Kier molecular flexibility index (Phi) is 5.78. The number of esters is 1. The van der Waals surface area contributed by atoms with Gasteiger partial charge in [0, 0.05) is 17.5 Å². The maximum Gasteiger partial charge on any atom is 0.343 e. The van der Waals surface area contributed by atoms with Gasteiger partial charge in [0.25, 0.3) is 0 Å². The van der Waals surface area contributed by atoms with Crippen molar-refractivity contribution >= 4 is 11.7 Å². The maximum atomic E-state index is 13.2. The second kappa shape index (κ2) is 9.16. The van der Waals surface area contributed by atoms with E-state index in [-0.39, 0.29) is 6.79 Å². The molecule has 0 radical (unpaired) electrons. The molecule has 0 aromatic heterocycles. The third-order valence-corrected chi connectivity index (χ3v) is 7.34. The molecular weight excluding hydrogens is 490 g/mol. The van der Waals surface area contributed by atoms with Crippen LogP contribution in [0.25, 0.3) is 11.1 Å². The lowest BCUT2D eigenvalue weighted by molar-refractivity contribution is -0.500. The Hall–Kier alpha value is -4.40. The van der Waals surface area contributed by atoms with Crippen molar-refractivity contribution in [2.45, 2.75) is 12.5 Å². The molecule has 196 valence electrons. The number of fused-ring (bicyclic) bond motifs is 3. The molecule has 3 aromatic carbocycles. The van der Waals surface area contributed by atoms with Crippen LogP contribution in [0.3, 0.4) is 0 Å². The molecule has 1 unspecified atom stereocenters. The van der Waals surface area contributed by atoms with Gasteiger partial charge in [0.15, 0.2) is 23.0 Å². The molecule has 0 bridgehead atoms. The number of cyclic esters (lactones) is 1. The van der Waals surface area contributed by atoms with Crippen molar-refractivity contribution in [3.8, 4) is 45.6 Å². The first kappa shape index (κ1) is 24.0. The Morgan fingerprint density at radius 1 is 0.868 bits per heavy atom. The number of carbonyl (C=O) groups excluding carboxylic acids is 1. The zero-order valence-electron chi connectivity index (χ0n) is 21.9. The van der Waals surface area contributed by atoms with Gasteiger partial charge < -0.3 is 33.2 Å². The van der Waals surface area contributed by atoms with E-state index in [4.69, 9.17) is 33.2 Å². The molecule has 0 aliphatic carbocycles. The largest absolute Gasteiger partial charge is 0.497 e. The van der Waals surface area contributed by atoms with E-state index in [0.29, 0.717) is 52.8 Å². The molecular formula is C29H28NO8+. The van der Waals surface area contributed by atoms with Gasteiger partial charge in [0.05, 0.1) is 34.0 Å². The van der Waals surface area contributed by atoms with Crippen LogP contribution in [0.4, 0.5) is 0 Å². The van der Waals surface area contributed by atoms with E-state index in [1.807, 2.05) is 37.4 Å². The van der Waals surface area contributed by atoms with E-state index in [9.17, 15) is 4.79 Å². The molecule has 6 rings (SSSR count). The number of carbonyl (C=O) groups is 1. The highest BCUT2D eigenvalue weighted by Gasteiger charge is 2.47. The lowest BCUT2D eigenvalue weighted by atomic mass is 9.84. The molecule has 0 spiro atoms. The number of nitrogens with zero attached hydrogens (tertiary/aromatic N) is 1. The van der Waals surface area contributed by atoms with Gasteiger partial charge in [-0.05, 0) is 35.4 Å². The minimum Gasteiger partial charge on any atom is -0.497 e. The van der Waals surface area contributed by atoms with Crippen LogP contribution in [-0.4, -0.2) is 65.1 Å². The average Bonchev–Trinajstić information content (AvgIpc) is 3.55. The van der Waals surface area contributed by atoms with Crippen molar-refractivity contribution in [2.24, 2.45) is 0 Å². The van der Waals surface area contributed by atoms with Crippen molar-refractivity contribution in [1.29, 1.82) is 0 Å². The van der Waals surface area contributed by atoms with Crippen LogP contribution < -0.4 is 28.4 Å². The van der Waals surface area contributed by atoms with Gasteiger partial charge in [0.2, 0.25) is 24.4 Å². The fourth-order valence-corrected chi connectivity index (χ4v) is 5.67. The Bertz CT molecular complexity index is 1510. The highest BCUT2D eigenvalue weighted by atomic mass is 16.7. The Morgan fingerprint density at radius 2 is 1.66 bits per heavy atom. The monoisotopic (exact) mass is 518 g/mol. The first-order valence-corrected chi connectivity index (χ1v) is 12.2. The third kappa shape index (κ3) is 3.38. The molecule has 38 heavy (non-hydrogen) atoms. The molecule has 3 aromatic rings. The second-order valence-corrected chi connectivity index (χ2v) is 9.17. The molecule has 9 nitrogen and oxygen atoms in total. The first-order chi connectivity index (χ1) is 18.5. The van der Waals surface area contributed by atoms with E-state index in [0.717, 1.165) is 33.7 Å². The summed E-state index contributed by atoms with van der Waals surface area (Å²) in [5.74, 6) is 2.78. The van der Waals surface area contributed by atoms with Crippen molar-refractivity contribution in [1.82, 2.24) is 0 Å². The molecule has 3 heterocycles. The first-order valence-electron chi connectivity index (χ1n) is 12.2. The van der Waals surface area contributed by atoms with Gasteiger partial charge >= 0.3 is 5.97 Å². The van der Waals surface area contributed by atoms with Crippen molar-refractivity contribution in [3.63, 3.8) is 0 Å². The summed E-state index contributed by atoms with van der Waals surface area (Å²) in [6.45, 7) is 0.772. The van der Waals surface area contributed by atoms with Crippen molar-refractivity contribution < 1.29 is 42.5 Å². The number of methoxy groups -OCH3 is 4. The molecule has 0 fully saturated rings. The zero-order valence-corrected chi connectivity index (χ0v) is 21.9. The summed E-state index contributed by atoms with van der Waals surface area (Å²) in [7, 11) is 8.29. The Balaban J connectivity index is 1.62. The van der Waals surface area contributed by atoms with E-state index >= 15 is 0 Å². The summed E-state index contributed by atoms with van der Waals surface area (Å²) < 4.78 is 42.6. The summed E-state index contributed by atoms with van der Waals surface area (Å²) >= 11 is 0. The van der Waals surface area contributed by atoms with Gasteiger partial charge in [-0.1, -0.05) is 12.1 Å². The lowest BCUT2D eigenvalue weighted by Gasteiger charge is -2.26. The normalized spacial score (nSPS) is 17.1. The molecule has 3 aliphatic rings. The standard InChI is InChI=1S/C29H28NO8/c1-30-12-11-17-20(15-7-6-8-16(13-15)32-2)27-28(37-14-36-27)26(35-5)21(17)23(30)24-18-9-10-19(33-3)25(34-4)22(18)29(31)38-24/h6-10,13,24H,11-12,14H2,1-5H3/q+1. The van der Waals surface area contributed by atoms with Gasteiger partial charge in [-0.3, -0.25) is 0 Å². The minimum absolute atomic E-state index is 0.0783. The minimum atomic E-state index is -0.686. The number of hydrogen-bond acceptors (Lipinski definition) is 8. The quantitative estimate of drug-likeness (QED) is 0.358. The Labute approximate surface area is 220 Å². The average molecular weight is 519 g/mol. The molecule has 0 saturated carbocycles. The van der Waals surface area contributed by atoms with Crippen LogP contribution >= 0.6 is 0 Å².